The molecular weight excluding hydrogens is 391 g/mol. The minimum atomic E-state index is 0. The van der Waals surface area contributed by atoms with Crippen LogP contribution in [-0.2, 0) is 10.5 Å². The van der Waals surface area contributed by atoms with Gasteiger partial charge in [0.05, 0.1) is 11.4 Å². The van der Waals surface area contributed by atoms with E-state index in [9.17, 15) is 4.79 Å². The normalized spacial score (nSPS) is 16.8. The summed E-state index contributed by atoms with van der Waals surface area (Å²) in [5.41, 5.74) is 3.22. The first kappa shape index (κ1) is 23.1. The third-order valence-electron chi connectivity index (χ3n) is 4.49. The number of hydrogen-bond acceptors (Lipinski definition) is 4. The Morgan fingerprint density at radius 3 is 2.92 bits per heavy atom. The number of rotatable bonds is 6. The molecular formula is C18H28Cl2N4OS. The number of thioether (sulfide) groups is 1. The van der Waals surface area contributed by atoms with E-state index in [1.807, 2.05) is 18.0 Å². The van der Waals surface area contributed by atoms with Crippen molar-refractivity contribution >= 4 is 48.1 Å². The lowest BCUT2D eigenvalue weighted by Crippen LogP contribution is -2.43. The van der Waals surface area contributed by atoms with Crippen LogP contribution < -0.4 is 5.32 Å². The highest BCUT2D eigenvalue weighted by Crippen LogP contribution is 2.18. The molecule has 0 spiro atoms. The van der Waals surface area contributed by atoms with Gasteiger partial charge >= 0.3 is 0 Å². The number of carbonyl (C=O) groups excluding carboxylic acids is 1. The molecule has 0 aromatic carbocycles. The molecule has 1 saturated heterocycles. The maximum atomic E-state index is 12.4. The Bertz CT molecular complexity index is 708. The Morgan fingerprint density at radius 1 is 1.35 bits per heavy atom. The highest BCUT2D eigenvalue weighted by atomic mass is 35.5. The molecule has 1 aliphatic heterocycles. The maximum Gasteiger partial charge on any atom is 0.232 e. The number of carbonyl (C=O) groups is 1. The zero-order valence-electron chi connectivity index (χ0n) is 15.3. The fraction of sp³-hybridized carbons (Fsp3) is 0.556. The van der Waals surface area contributed by atoms with Crippen LogP contribution in [0.15, 0.2) is 24.5 Å². The molecule has 8 heteroatoms. The van der Waals surface area contributed by atoms with Crippen LogP contribution >= 0.6 is 36.6 Å². The van der Waals surface area contributed by atoms with Gasteiger partial charge < -0.3 is 14.6 Å². The van der Waals surface area contributed by atoms with Crippen molar-refractivity contribution in [3.05, 3.63) is 35.8 Å². The lowest BCUT2D eigenvalue weighted by molar-refractivity contribution is -0.130. The van der Waals surface area contributed by atoms with Gasteiger partial charge in [-0.1, -0.05) is 6.07 Å². The summed E-state index contributed by atoms with van der Waals surface area (Å²) in [7, 11) is 1.98. The number of hydrogen-bond donors (Lipinski definition) is 1. The first-order valence-corrected chi connectivity index (χ1v) is 9.75. The molecule has 1 atom stereocenters. The van der Waals surface area contributed by atoms with Crippen molar-refractivity contribution in [3.63, 3.8) is 0 Å². The third kappa shape index (κ3) is 6.05. The van der Waals surface area contributed by atoms with Crippen molar-refractivity contribution in [1.29, 1.82) is 0 Å². The topological polar surface area (TPSA) is 49.6 Å². The predicted octanol–water partition coefficient (Wildman–Crippen LogP) is 3.18. The molecule has 3 heterocycles. The summed E-state index contributed by atoms with van der Waals surface area (Å²) in [4.78, 5) is 19.1. The van der Waals surface area contributed by atoms with Gasteiger partial charge in [0.1, 0.15) is 5.65 Å². The number of amides is 1. The molecule has 1 amide bonds. The number of nitrogens with one attached hydrogen (secondary N) is 1. The quantitative estimate of drug-likeness (QED) is 0.782. The van der Waals surface area contributed by atoms with E-state index in [1.165, 1.54) is 12.0 Å². The van der Waals surface area contributed by atoms with Crippen LogP contribution in [0.1, 0.15) is 24.1 Å². The number of likely N-dealkylation sites (tertiary alicyclic amines) is 1. The van der Waals surface area contributed by atoms with E-state index in [1.54, 1.807) is 11.8 Å². The van der Waals surface area contributed by atoms with Gasteiger partial charge in [-0.2, -0.15) is 0 Å². The van der Waals surface area contributed by atoms with E-state index < -0.39 is 0 Å². The molecule has 5 nitrogen and oxygen atoms in total. The van der Waals surface area contributed by atoms with Crippen LogP contribution in [0.25, 0.3) is 5.65 Å². The van der Waals surface area contributed by atoms with E-state index in [0.717, 1.165) is 43.1 Å². The fourth-order valence-electron chi connectivity index (χ4n) is 3.31. The molecule has 0 aliphatic carbocycles. The lowest BCUT2D eigenvalue weighted by Gasteiger charge is -2.32. The molecule has 2 aromatic rings. The zero-order chi connectivity index (χ0) is 16.9. The summed E-state index contributed by atoms with van der Waals surface area (Å²) >= 11 is 1.66. The molecule has 0 radical (unpaired) electrons. The van der Waals surface area contributed by atoms with Crippen molar-refractivity contribution < 1.29 is 4.79 Å². The SMILES string of the molecule is CNCC1CCCN(C(=O)CSCc2cn3cc(C)ccc3n2)C1.Cl.Cl. The second-order valence-electron chi connectivity index (χ2n) is 6.60. The molecule has 26 heavy (non-hydrogen) atoms. The number of fused-ring (bicyclic) bond motifs is 1. The minimum Gasteiger partial charge on any atom is -0.342 e. The number of nitrogens with zero attached hydrogens (tertiary/aromatic N) is 3. The van der Waals surface area contributed by atoms with Crippen LogP contribution in [0.3, 0.4) is 0 Å². The van der Waals surface area contributed by atoms with E-state index in [0.29, 0.717) is 11.7 Å². The zero-order valence-corrected chi connectivity index (χ0v) is 17.8. The number of aryl methyl sites for hydroxylation is 1. The molecule has 0 bridgehead atoms. The first-order chi connectivity index (χ1) is 11.7. The van der Waals surface area contributed by atoms with Crippen molar-refractivity contribution in [2.75, 3.05) is 32.4 Å². The monoisotopic (exact) mass is 418 g/mol. The molecule has 146 valence electrons. The largest absolute Gasteiger partial charge is 0.342 e. The van der Waals surface area contributed by atoms with Gasteiger partial charge in [0.15, 0.2) is 0 Å². The molecule has 1 N–H and O–H groups in total. The van der Waals surface area contributed by atoms with Crippen LogP contribution in [0.4, 0.5) is 0 Å². The standard InChI is InChI=1S/C18H26N4OS.2ClH/c1-14-5-6-17-20-16(11-22(17)9-14)12-24-13-18(23)21-7-3-4-15(10-21)8-19-2;;/h5-6,9,11,15,19H,3-4,7-8,10,12-13H2,1-2H3;2*1H. The Kier molecular flexibility index (Phi) is 9.79. The predicted molar refractivity (Wildman–Crippen MR) is 114 cm³/mol. The van der Waals surface area contributed by atoms with Crippen molar-refractivity contribution in [2.45, 2.75) is 25.5 Å². The number of piperidine rings is 1. The second-order valence-corrected chi connectivity index (χ2v) is 7.59. The van der Waals surface area contributed by atoms with Crippen LogP contribution in [0, 0.1) is 12.8 Å². The summed E-state index contributed by atoms with van der Waals surface area (Å²) in [6, 6.07) is 4.10. The van der Waals surface area contributed by atoms with E-state index in [4.69, 9.17) is 0 Å². The molecule has 1 aliphatic rings. The van der Waals surface area contributed by atoms with Gasteiger partial charge in [-0.25, -0.2) is 4.98 Å². The fourth-order valence-corrected chi connectivity index (χ4v) is 4.11. The number of halogens is 2. The average molecular weight is 419 g/mol. The van der Waals surface area contributed by atoms with Gasteiger partial charge in [-0.15, -0.1) is 36.6 Å². The summed E-state index contributed by atoms with van der Waals surface area (Å²) < 4.78 is 2.06. The Hall–Kier alpha value is -0.950. The minimum absolute atomic E-state index is 0. The number of pyridine rings is 1. The highest BCUT2D eigenvalue weighted by molar-refractivity contribution is 7.99. The van der Waals surface area contributed by atoms with E-state index in [2.05, 4.69) is 40.1 Å². The molecule has 0 saturated carbocycles. The van der Waals surface area contributed by atoms with Gasteiger partial charge in [-0.3, -0.25) is 4.79 Å². The molecule has 2 aromatic heterocycles. The van der Waals surface area contributed by atoms with Gasteiger partial charge in [-0.05, 0) is 50.9 Å². The van der Waals surface area contributed by atoms with E-state index >= 15 is 0 Å². The highest BCUT2D eigenvalue weighted by Gasteiger charge is 2.22. The summed E-state index contributed by atoms with van der Waals surface area (Å²) in [6.45, 7) is 4.88. The Labute approximate surface area is 172 Å². The summed E-state index contributed by atoms with van der Waals surface area (Å²) in [5, 5.41) is 3.22. The third-order valence-corrected chi connectivity index (χ3v) is 5.44. The van der Waals surface area contributed by atoms with Crippen molar-refractivity contribution in [1.82, 2.24) is 19.6 Å². The smallest absolute Gasteiger partial charge is 0.232 e. The van der Waals surface area contributed by atoms with Crippen molar-refractivity contribution in [2.24, 2.45) is 5.92 Å². The average Bonchev–Trinajstić information content (AvgIpc) is 2.97. The number of aromatic nitrogens is 2. The molecule has 3 rings (SSSR count). The Morgan fingerprint density at radius 2 is 2.15 bits per heavy atom. The lowest BCUT2D eigenvalue weighted by atomic mass is 9.98. The van der Waals surface area contributed by atoms with Gasteiger partial charge in [0.2, 0.25) is 5.91 Å². The Balaban J connectivity index is 0.00000169. The van der Waals surface area contributed by atoms with Gasteiger partial charge in [0.25, 0.3) is 0 Å². The summed E-state index contributed by atoms with van der Waals surface area (Å²) in [6.07, 6.45) is 6.48. The first-order valence-electron chi connectivity index (χ1n) is 8.60. The second kappa shape index (κ2) is 11.0. The van der Waals surface area contributed by atoms with Crippen molar-refractivity contribution in [3.8, 4) is 0 Å². The van der Waals surface area contributed by atoms with Crippen LogP contribution in [0.2, 0.25) is 0 Å². The van der Waals surface area contributed by atoms with Gasteiger partial charge in [0, 0.05) is 31.2 Å². The summed E-state index contributed by atoms with van der Waals surface area (Å²) in [5.74, 6) is 2.18. The van der Waals surface area contributed by atoms with E-state index in [-0.39, 0.29) is 30.7 Å². The number of imidazole rings is 1. The molecule has 1 fully saturated rings. The van der Waals surface area contributed by atoms with Crippen LogP contribution in [-0.4, -0.2) is 52.6 Å². The molecule has 1 unspecified atom stereocenters. The maximum absolute atomic E-state index is 12.4. The van der Waals surface area contributed by atoms with Crippen LogP contribution in [0.5, 0.6) is 0 Å².